The van der Waals surface area contributed by atoms with Crippen LogP contribution in [0.3, 0.4) is 0 Å². The van der Waals surface area contributed by atoms with Gasteiger partial charge in [-0.15, -0.1) is 0 Å². The smallest absolute Gasteiger partial charge is 0.429 e. The molecular formula is C29H22F6O2. The lowest BCUT2D eigenvalue weighted by atomic mass is 10.0. The molecule has 0 aliphatic carbocycles. The van der Waals surface area contributed by atoms with Crippen LogP contribution in [0.25, 0.3) is 0 Å². The fraction of sp³-hybridized carbons (Fsp3) is 0.172. The van der Waals surface area contributed by atoms with Crippen LogP contribution in [0.1, 0.15) is 33.4 Å². The zero-order chi connectivity index (χ0) is 26.8. The first kappa shape index (κ1) is 26.1. The summed E-state index contributed by atoms with van der Waals surface area (Å²) in [5.41, 5.74) is 0.235. The second kappa shape index (κ2) is 10.2. The molecule has 0 N–H and O–H groups in total. The van der Waals surface area contributed by atoms with Gasteiger partial charge in [0.05, 0.1) is 11.1 Å². The van der Waals surface area contributed by atoms with E-state index < -0.39 is 35.0 Å². The molecule has 37 heavy (non-hydrogen) atoms. The summed E-state index contributed by atoms with van der Waals surface area (Å²) in [7, 11) is 0. The minimum Gasteiger partial charge on any atom is -0.429 e. The second-order valence-electron chi connectivity index (χ2n) is 8.67. The van der Waals surface area contributed by atoms with E-state index in [4.69, 9.17) is 0 Å². The van der Waals surface area contributed by atoms with E-state index in [1.54, 1.807) is 38.1 Å². The van der Waals surface area contributed by atoms with Gasteiger partial charge < -0.3 is 9.47 Å². The SMILES string of the molecule is Cc1ccc(OC(F)(F)c2ccc(Cc3ccc(C(F)(F)Oc4ccc(C)cc4)c(F)c3)cc2F)cc1. The largest absolute Gasteiger partial charge is 0.429 e. The number of hydrogen-bond donors (Lipinski definition) is 0. The van der Waals surface area contributed by atoms with Crippen molar-refractivity contribution in [3.8, 4) is 11.5 Å². The number of benzene rings is 4. The fourth-order valence-electron chi connectivity index (χ4n) is 3.66. The van der Waals surface area contributed by atoms with E-state index in [9.17, 15) is 26.3 Å². The molecule has 0 radical (unpaired) electrons. The minimum absolute atomic E-state index is 0.0802. The monoisotopic (exact) mass is 516 g/mol. The van der Waals surface area contributed by atoms with Crippen molar-refractivity contribution in [3.63, 3.8) is 0 Å². The summed E-state index contributed by atoms with van der Waals surface area (Å²) >= 11 is 0. The van der Waals surface area contributed by atoms with E-state index in [1.165, 1.54) is 36.4 Å². The van der Waals surface area contributed by atoms with Gasteiger partial charge in [0.25, 0.3) is 0 Å². The summed E-state index contributed by atoms with van der Waals surface area (Å²) in [4.78, 5) is 0. The molecule has 0 saturated carbocycles. The molecule has 192 valence electrons. The summed E-state index contributed by atoms with van der Waals surface area (Å²) in [6.45, 7) is 3.56. The highest BCUT2D eigenvalue weighted by Gasteiger charge is 2.39. The molecule has 0 aliphatic rings. The molecule has 0 heterocycles. The van der Waals surface area contributed by atoms with Gasteiger partial charge in [0, 0.05) is 0 Å². The standard InChI is InChI=1S/C29H22F6O2/c1-18-3-9-22(10-4-18)36-28(32,33)24-13-7-20(16-26(24)30)15-21-8-14-25(27(31)17-21)29(34,35)37-23-11-5-19(2)6-12-23/h3-14,16-17H,15H2,1-2H3. The van der Waals surface area contributed by atoms with Gasteiger partial charge >= 0.3 is 12.2 Å². The average Bonchev–Trinajstić information content (AvgIpc) is 2.81. The first-order valence-corrected chi connectivity index (χ1v) is 11.3. The van der Waals surface area contributed by atoms with Crippen molar-refractivity contribution in [3.05, 3.63) is 130 Å². The highest BCUT2D eigenvalue weighted by Crippen LogP contribution is 2.35. The molecule has 0 aromatic heterocycles. The number of aryl methyl sites for hydroxylation is 2. The van der Waals surface area contributed by atoms with Crippen LogP contribution >= 0.6 is 0 Å². The quantitative estimate of drug-likeness (QED) is 0.219. The molecule has 2 nitrogen and oxygen atoms in total. The van der Waals surface area contributed by atoms with Gasteiger partial charge in [-0.1, -0.05) is 47.5 Å². The van der Waals surface area contributed by atoms with Crippen LogP contribution < -0.4 is 9.47 Å². The normalized spacial score (nSPS) is 11.9. The summed E-state index contributed by atoms with van der Waals surface area (Å²) < 4.78 is 96.8. The third kappa shape index (κ3) is 6.25. The van der Waals surface area contributed by atoms with E-state index in [1.807, 2.05) is 0 Å². The van der Waals surface area contributed by atoms with E-state index in [0.717, 1.165) is 35.4 Å². The number of rotatable bonds is 8. The van der Waals surface area contributed by atoms with E-state index in [2.05, 4.69) is 9.47 Å². The molecule has 4 aromatic rings. The molecule has 4 aromatic carbocycles. The van der Waals surface area contributed by atoms with Crippen LogP contribution in [-0.4, -0.2) is 0 Å². The second-order valence-corrected chi connectivity index (χ2v) is 8.67. The van der Waals surface area contributed by atoms with Crippen molar-refractivity contribution >= 4 is 0 Å². The van der Waals surface area contributed by atoms with Crippen LogP contribution in [0.2, 0.25) is 0 Å². The molecular weight excluding hydrogens is 494 g/mol. The zero-order valence-corrected chi connectivity index (χ0v) is 19.9. The molecule has 8 heteroatoms. The lowest BCUT2D eigenvalue weighted by Gasteiger charge is -2.20. The summed E-state index contributed by atoms with van der Waals surface area (Å²) in [6.07, 6.45) is -7.95. The van der Waals surface area contributed by atoms with Gasteiger partial charge in [-0.25, -0.2) is 8.78 Å². The third-order valence-corrected chi connectivity index (χ3v) is 5.64. The Kier molecular flexibility index (Phi) is 7.21. The van der Waals surface area contributed by atoms with Crippen molar-refractivity contribution < 1.29 is 35.8 Å². The predicted octanol–water partition coefficient (Wildman–Crippen LogP) is 8.43. The van der Waals surface area contributed by atoms with Crippen LogP contribution in [-0.2, 0) is 18.6 Å². The van der Waals surface area contributed by atoms with Gasteiger partial charge in [-0.2, -0.15) is 17.6 Å². The molecule has 0 bridgehead atoms. The van der Waals surface area contributed by atoms with E-state index in [-0.39, 0.29) is 29.0 Å². The van der Waals surface area contributed by atoms with Gasteiger partial charge in [0.15, 0.2) is 0 Å². The zero-order valence-electron chi connectivity index (χ0n) is 19.9. The maximum atomic E-state index is 14.6. The maximum absolute atomic E-state index is 14.6. The molecule has 0 fully saturated rings. The third-order valence-electron chi connectivity index (χ3n) is 5.64. The summed E-state index contributed by atoms with van der Waals surface area (Å²) in [5, 5.41) is 0. The lowest BCUT2D eigenvalue weighted by Crippen LogP contribution is -2.23. The first-order chi connectivity index (χ1) is 17.4. The van der Waals surface area contributed by atoms with E-state index in [0.29, 0.717) is 0 Å². The number of hydrogen-bond acceptors (Lipinski definition) is 2. The molecule has 0 saturated heterocycles. The van der Waals surface area contributed by atoms with Crippen molar-refractivity contribution in [1.29, 1.82) is 0 Å². The summed E-state index contributed by atoms with van der Waals surface area (Å²) in [6, 6.07) is 17.7. The number of alkyl halides is 4. The Morgan fingerprint density at radius 1 is 0.541 bits per heavy atom. The van der Waals surface area contributed by atoms with Crippen LogP contribution in [0, 0.1) is 25.5 Å². The molecule has 0 amide bonds. The maximum Gasteiger partial charge on any atom is 0.429 e. The van der Waals surface area contributed by atoms with Gasteiger partial charge in [0.1, 0.15) is 23.1 Å². The molecule has 4 rings (SSSR count). The Labute approximate surface area is 210 Å². The van der Waals surface area contributed by atoms with E-state index >= 15 is 0 Å². The number of halogens is 6. The van der Waals surface area contributed by atoms with Crippen molar-refractivity contribution in [2.45, 2.75) is 32.5 Å². The topological polar surface area (TPSA) is 18.5 Å². The average molecular weight is 516 g/mol. The van der Waals surface area contributed by atoms with Crippen LogP contribution in [0.4, 0.5) is 26.3 Å². The predicted molar refractivity (Wildman–Crippen MR) is 127 cm³/mol. The Morgan fingerprint density at radius 3 is 1.22 bits per heavy atom. The Morgan fingerprint density at radius 2 is 0.892 bits per heavy atom. The molecule has 0 aliphatic heterocycles. The summed E-state index contributed by atoms with van der Waals surface area (Å²) in [5.74, 6) is -2.69. The Balaban J connectivity index is 1.48. The molecule has 0 atom stereocenters. The van der Waals surface area contributed by atoms with Crippen molar-refractivity contribution in [2.24, 2.45) is 0 Å². The number of ether oxygens (including phenoxy) is 2. The van der Waals surface area contributed by atoms with Gasteiger partial charge in [-0.05, 0) is 79.9 Å². The Bertz CT molecular complexity index is 1280. The Hall–Kier alpha value is -3.94. The van der Waals surface area contributed by atoms with Gasteiger partial charge in [0.2, 0.25) is 0 Å². The van der Waals surface area contributed by atoms with Gasteiger partial charge in [-0.3, -0.25) is 0 Å². The first-order valence-electron chi connectivity index (χ1n) is 11.3. The highest BCUT2D eigenvalue weighted by molar-refractivity contribution is 5.35. The highest BCUT2D eigenvalue weighted by atomic mass is 19.3. The molecule has 0 spiro atoms. The van der Waals surface area contributed by atoms with Crippen molar-refractivity contribution in [2.75, 3.05) is 0 Å². The molecule has 0 unspecified atom stereocenters. The lowest BCUT2D eigenvalue weighted by molar-refractivity contribution is -0.188. The minimum atomic E-state index is -3.94. The van der Waals surface area contributed by atoms with Crippen LogP contribution in [0.5, 0.6) is 11.5 Å². The fourth-order valence-corrected chi connectivity index (χ4v) is 3.66. The van der Waals surface area contributed by atoms with Crippen molar-refractivity contribution in [1.82, 2.24) is 0 Å². The van der Waals surface area contributed by atoms with Crippen LogP contribution in [0.15, 0.2) is 84.9 Å².